The third-order valence-corrected chi connectivity index (χ3v) is 3.24. The van der Waals surface area contributed by atoms with Crippen molar-refractivity contribution in [2.45, 2.75) is 19.8 Å². The number of likely N-dealkylation sites (N-methyl/N-ethyl adjacent to an activating group) is 1. The first-order valence-corrected chi connectivity index (χ1v) is 6.33. The molecule has 7 heteroatoms. The van der Waals surface area contributed by atoms with Gasteiger partial charge in [0.15, 0.2) is 0 Å². The minimum Gasteiger partial charge on any atom is -0.481 e. The second-order valence-corrected chi connectivity index (χ2v) is 4.50. The number of methoxy groups -OCH3 is 1. The van der Waals surface area contributed by atoms with Gasteiger partial charge in [0.05, 0.1) is 13.0 Å². The van der Waals surface area contributed by atoms with E-state index >= 15 is 0 Å². The van der Waals surface area contributed by atoms with E-state index in [9.17, 15) is 14.4 Å². The number of esters is 1. The van der Waals surface area contributed by atoms with E-state index in [4.69, 9.17) is 5.11 Å². The van der Waals surface area contributed by atoms with E-state index in [-0.39, 0.29) is 19.1 Å². The molecule has 0 aliphatic carbocycles. The lowest BCUT2D eigenvalue weighted by Gasteiger charge is -2.34. The fourth-order valence-corrected chi connectivity index (χ4v) is 2.09. The average Bonchev–Trinajstić information content (AvgIpc) is 2.43. The van der Waals surface area contributed by atoms with Crippen molar-refractivity contribution in [2.24, 2.45) is 5.92 Å². The van der Waals surface area contributed by atoms with Gasteiger partial charge in [0.1, 0.15) is 6.54 Å². The first-order chi connectivity index (χ1) is 8.99. The molecule has 2 amide bonds. The average molecular weight is 272 g/mol. The Bertz CT molecular complexity index is 358. The molecular formula is C12H20N2O5. The SMILES string of the molecule is CCN(CC(=O)OC)C(=O)N1CCCC(C(=O)O)C1. The van der Waals surface area contributed by atoms with Crippen LogP contribution in [0.1, 0.15) is 19.8 Å². The number of urea groups is 1. The summed E-state index contributed by atoms with van der Waals surface area (Å²) < 4.78 is 4.53. The zero-order chi connectivity index (χ0) is 14.4. The molecule has 0 radical (unpaired) electrons. The number of nitrogens with zero attached hydrogens (tertiary/aromatic N) is 2. The minimum absolute atomic E-state index is 0.111. The van der Waals surface area contributed by atoms with Crippen molar-refractivity contribution < 1.29 is 24.2 Å². The Morgan fingerprint density at radius 2 is 2.11 bits per heavy atom. The monoisotopic (exact) mass is 272 g/mol. The van der Waals surface area contributed by atoms with Crippen molar-refractivity contribution in [3.63, 3.8) is 0 Å². The van der Waals surface area contributed by atoms with E-state index in [0.717, 1.165) is 0 Å². The van der Waals surface area contributed by atoms with E-state index in [2.05, 4.69) is 4.74 Å². The van der Waals surface area contributed by atoms with Crippen LogP contribution in [0.25, 0.3) is 0 Å². The lowest BCUT2D eigenvalue weighted by molar-refractivity contribution is -0.144. The zero-order valence-electron chi connectivity index (χ0n) is 11.3. The number of carboxylic acid groups (broad SMARTS) is 1. The maximum Gasteiger partial charge on any atom is 0.325 e. The molecule has 0 aromatic rings. The molecule has 108 valence electrons. The van der Waals surface area contributed by atoms with E-state index in [0.29, 0.717) is 25.9 Å². The number of amides is 2. The van der Waals surface area contributed by atoms with Crippen molar-refractivity contribution in [1.29, 1.82) is 0 Å². The highest BCUT2D eigenvalue weighted by Gasteiger charge is 2.30. The maximum atomic E-state index is 12.2. The van der Waals surface area contributed by atoms with Crippen LogP contribution in [0.3, 0.4) is 0 Å². The highest BCUT2D eigenvalue weighted by molar-refractivity contribution is 5.81. The van der Waals surface area contributed by atoms with Crippen LogP contribution >= 0.6 is 0 Å². The summed E-state index contributed by atoms with van der Waals surface area (Å²) in [5.41, 5.74) is 0. The van der Waals surface area contributed by atoms with E-state index < -0.39 is 17.9 Å². The largest absolute Gasteiger partial charge is 0.481 e. The van der Waals surface area contributed by atoms with Crippen LogP contribution in [-0.2, 0) is 14.3 Å². The summed E-state index contributed by atoms with van der Waals surface area (Å²) in [6.45, 7) is 2.76. The van der Waals surface area contributed by atoms with Gasteiger partial charge >= 0.3 is 18.0 Å². The smallest absolute Gasteiger partial charge is 0.325 e. The Balaban J connectivity index is 2.63. The Kier molecular flexibility index (Phi) is 5.59. The molecule has 0 bridgehead atoms. The van der Waals surface area contributed by atoms with Crippen molar-refractivity contribution in [1.82, 2.24) is 9.80 Å². The minimum atomic E-state index is -0.881. The molecule has 1 unspecified atom stereocenters. The Morgan fingerprint density at radius 3 is 2.63 bits per heavy atom. The molecule has 19 heavy (non-hydrogen) atoms. The standard InChI is InChI=1S/C12H20N2O5/c1-3-13(8-10(15)19-2)12(18)14-6-4-5-9(7-14)11(16)17/h9H,3-8H2,1-2H3,(H,16,17). The van der Waals surface area contributed by atoms with Crippen LogP contribution in [0.2, 0.25) is 0 Å². The van der Waals surface area contributed by atoms with Crippen LogP contribution in [0.15, 0.2) is 0 Å². The molecule has 0 saturated carbocycles. The van der Waals surface area contributed by atoms with Gasteiger partial charge in [0.25, 0.3) is 0 Å². The fourth-order valence-electron chi connectivity index (χ4n) is 2.09. The van der Waals surface area contributed by atoms with Gasteiger partial charge in [0, 0.05) is 19.6 Å². The normalized spacial score (nSPS) is 18.8. The molecule has 1 heterocycles. The summed E-state index contributed by atoms with van der Waals surface area (Å²) in [4.78, 5) is 37.2. The number of carbonyl (C=O) groups is 3. The third-order valence-electron chi connectivity index (χ3n) is 3.24. The van der Waals surface area contributed by atoms with Gasteiger partial charge in [0.2, 0.25) is 0 Å². The lowest BCUT2D eigenvalue weighted by Crippen LogP contribution is -2.50. The van der Waals surface area contributed by atoms with E-state index in [1.165, 1.54) is 16.9 Å². The summed E-state index contributed by atoms with van der Waals surface area (Å²) in [6, 6.07) is -0.307. The van der Waals surface area contributed by atoms with Gasteiger partial charge in [-0.1, -0.05) is 0 Å². The van der Waals surface area contributed by atoms with Gasteiger partial charge in [-0.05, 0) is 19.8 Å². The number of piperidine rings is 1. The molecule has 0 aromatic heterocycles. The zero-order valence-corrected chi connectivity index (χ0v) is 11.3. The van der Waals surface area contributed by atoms with Gasteiger partial charge in [-0.25, -0.2) is 4.79 Å². The number of aliphatic carboxylic acids is 1. The Morgan fingerprint density at radius 1 is 1.42 bits per heavy atom. The quantitative estimate of drug-likeness (QED) is 0.748. The van der Waals surface area contributed by atoms with Crippen molar-refractivity contribution in [3.8, 4) is 0 Å². The van der Waals surface area contributed by atoms with Gasteiger partial charge in [-0.3, -0.25) is 9.59 Å². The van der Waals surface area contributed by atoms with Gasteiger partial charge in [-0.2, -0.15) is 0 Å². The molecule has 1 saturated heterocycles. The van der Waals surface area contributed by atoms with E-state index in [1.54, 1.807) is 6.92 Å². The number of likely N-dealkylation sites (tertiary alicyclic amines) is 1. The van der Waals surface area contributed by atoms with Crippen LogP contribution in [0, 0.1) is 5.92 Å². The maximum absolute atomic E-state index is 12.2. The topological polar surface area (TPSA) is 87.2 Å². The molecule has 0 spiro atoms. The second-order valence-electron chi connectivity index (χ2n) is 4.50. The van der Waals surface area contributed by atoms with Crippen molar-refractivity contribution in [3.05, 3.63) is 0 Å². The highest BCUT2D eigenvalue weighted by Crippen LogP contribution is 2.18. The first-order valence-electron chi connectivity index (χ1n) is 6.33. The highest BCUT2D eigenvalue weighted by atomic mass is 16.5. The second kappa shape index (κ2) is 6.96. The fraction of sp³-hybridized carbons (Fsp3) is 0.750. The summed E-state index contributed by atoms with van der Waals surface area (Å²) in [5, 5.41) is 8.99. The summed E-state index contributed by atoms with van der Waals surface area (Å²) in [6.07, 6.45) is 1.25. The molecule has 1 rings (SSSR count). The number of carboxylic acids is 1. The molecule has 1 N–H and O–H groups in total. The predicted molar refractivity (Wildman–Crippen MR) is 66.6 cm³/mol. The van der Waals surface area contributed by atoms with Crippen molar-refractivity contribution in [2.75, 3.05) is 33.3 Å². The number of carbonyl (C=O) groups excluding carboxylic acids is 2. The molecular weight excluding hydrogens is 252 g/mol. The predicted octanol–water partition coefficient (Wildman–Crippen LogP) is 0.398. The first kappa shape index (κ1) is 15.3. The molecule has 1 aliphatic heterocycles. The van der Waals surface area contributed by atoms with Crippen LogP contribution in [0.5, 0.6) is 0 Å². The number of rotatable bonds is 4. The van der Waals surface area contributed by atoms with Crippen LogP contribution < -0.4 is 0 Å². The molecule has 1 aliphatic rings. The number of hydrogen-bond acceptors (Lipinski definition) is 4. The summed E-state index contributed by atoms with van der Waals surface area (Å²) in [7, 11) is 1.27. The Labute approximate surface area is 112 Å². The number of hydrogen-bond donors (Lipinski definition) is 1. The molecule has 1 fully saturated rings. The third kappa shape index (κ3) is 4.11. The summed E-state index contributed by atoms with van der Waals surface area (Å²) in [5.74, 6) is -1.88. The van der Waals surface area contributed by atoms with Gasteiger partial charge in [-0.15, -0.1) is 0 Å². The van der Waals surface area contributed by atoms with Crippen LogP contribution in [0.4, 0.5) is 4.79 Å². The summed E-state index contributed by atoms with van der Waals surface area (Å²) >= 11 is 0. The van der Waals surface area contributed by atoms with E-state index in [1.807, 2.05) is 0 Å². The Hall–Kier alpha value is -1.79. The lowest BCUT2D eigenvalue weighted by atomic mass is 9.99. The molecule has 1 atom stereocenters. The molecule has 7 nitrogen and oxygen atoms in total. The van der Waals surface area contributed by atoms with Crippen molar-refractivity contribution >= 4 is 18.0 Å². The van der Waals surface area contributed by atoms with Gasteiger partial charge < -0.3 is 19.6 Å². The van der Waals surface area contributed by atoms with Crippen LogP contribution in [-0.4, -0.2) is 66.2 Å². The number of ether oxygens (including phenoxy) is 1. The molecule has 0 aromatic carbocycles.